The van der Waals surface area contributed by atoms with Gasteiger partial charge >= 0.3 is 0 Å². The van der Waals surface area contributed by atoms with Crippen LogP contribution in [0.25, 0.3) is 61.4 Å². The van der Waals surface area contributed by atoms with Crippen LogP contribution < -0.4 is 9.80 Å². The summed E-state index contributed by atoms with van der Waals surface area (Å²) in [6.45, 7) is 0. The average Bonchev–Trinajstić information content (AvgIpc) is 3.76. The summed E-state index contributed by atoms with van der Waals surface area (Å²) < 4.78 is 2.03. The van der Waals surface area contributed by atoms with Gasteiger partial charge in [-0.3, -0.25) is 0 Å². The lowest BCUT2D eigenvalue weighted by Gasteiger charge is -2.26. The van der Waals surface area contributed by atoms with Crippen LogP contribution >= 0.6 is 0 Å². The third kappa shape index (κ3) is 8.11. The molecule has 0 N–H and O–H groups in total. The van der Waals surface area contributed by atoms with Gasteiger partial charge in [0, 0.05) is 61.6 Å². The van der Waals surface area contributed by atoms with E-state index in [1.54, 1.807) is 54.6 Å². The molecular formula is C62H37N9. The first-order valence-electron chi connectivity index (χ1n) is 22.8. The third-order valence-corrected chi connectivity index (χ3v) is 12.4. The summed E-state index contributed by atoms with van der Waals surface area (Å²) in [5.41, 5.74) is 12.1. The summed E-state index contributed by atoms with van der Waals surface area (Å²) in [5.74, 6) is 0.340. The van der Waals surface area contributed by atoms with Gasteiger partial charge in [-0.15, -0.1) is 0 Å². The molecule has 330 valence electrons. The zero-order valence-electron chi connectivity index (χ0n) is 37.9. The van der Waals surface area contributed by atoms with E-state index in [0.717, 1.165) is 55.9 Å². The smallest absolute Gasteiger partial charge is 0.160 e. The molecule has 2 heterocycles. The summed E-state index contributed by atoms with van der Waals surface area (Å²) in [4.78, 5) is 14.3. The van der Waals surface area contributed by atoms with Crippen LogP contribution in [0.1, 0.15) is 22.3 Å². The molecule has 0 aliphatic heterocycles. The van der Waals surface area contributed by atoms with Crippen molar-refractivity contribution >= 4 is 55.9 Å². The van der Waals surface area contributed by atoms with Crippen molar-refractivity contribution in [3.63, 3.8) is 0 Å². The molecule has 71 heavy (non-hydrogen) atoms. The molecule has 0 aliphatic carbocycles. The predicted octanol–water partition coefficient (Wildman–Crippen LogP) is 15.0. The number of benzene rings is 9. The Hall–Kier alpha value is -10.6. The first kappa shape index (κ1) is 43.0. The SMILES string of the molecule is N#Cc1cccc(-c2cc(-c3cc(C#N)c(-n4c5ccc(N(c6ccccc6)c6ccccc6)cc5c5cc(N(c6ccccc6)c6ccccc6)ccc54)c(C#N)c3)nc(-c3cccc(C#N)c3)n2)c1. The van der Waals surface area contributed by atoms with Crippen molar-refractivity contribution < 1.29 is 0 Å². The second-order valence-corrected chi connectivity index (χ2v) is 16.7. The van der Waals surface area contributed by atoms with Gasteiger partial charge in [-0.1, -0.05) is 97.1 Å². The van der Waals surface area contributed by atoms with E-state index in [0.29, 0.717) is 50.7 Å². The molecule has 0 aliphatic rings. The standard InChI is InChI=1S/C62H37N9/c63-38-42-15-13-17-44(31-42)57-37-58(68-62(67-57)45-18-14-16-43(32-45)39-64)46-33-47(40-65)61(48(34-46)41-66)71-59-29-27-53(69(49-19-5-1-6-20-49)50-21-7-2-8-22-50)35-55(59)56-36-54(28-30-60(56)71)70(51-23-9-3-10-24-51)52-25-11-4-12-26-52/h1-37H. The van der Waals surface area contributed by atoms with Crippen molar-refractivity contribution in [3.8, 4) is 63.9 Å². The van der Waals surface area contributed by atoms with Gasteiger partial charge in [0.25, 0.3) is 0 Å². The van der Waals surface area contributed by atoms with Gasteiger partial charge in [0.2, 0.25) is 0 Å². The first-order valence-corrected chi connectivity index (χ1v) is 22.8. The number of para-hydroxylation sites is 4. The molecule has 0 unspecified atom stereocenters. The zero-order valence-corrected chi connectivity index (χ0v) is 37.9. The zero-order chi connectivity index (χ0) is 48.3. The summed E-state index contributed by atoms with van der Waals surface area (Å²) in [5, 5.41) is 43.7. The summed E-state index contributed by atoms with van der Waals surface area (Å²) >= 11 is 0. The lowest BCUT2D eigenvalue weighted by Crippen LogP contribution is -2.09. The number of hydrogen-bond acceptors (Lipinski definition) is 8. The highest BCUT2D eigenvalue weighted by molar-refractivity contribution is 6.12. The maximum absolute atomic E-state index is 11.2. The van der Waals surface area contributed by atoms with E-state index in [4.69, 9.17) is 9.97 Å². The molecule has 0 bridgehead atoms. The van der Waals surface area contributed by atoms with Gasteiger partial charge < -0.3 is 14.4 Å². The molecule has 2 aromatic heterocycles. The van der Waals surface area contributed by atoms with Crippen LogP contribution in [0.2, 0.25) is 0 Å². The van der Waals surface area contributed by atoms with E-state index >= 15 is 0 Å². The molecule has 9 nitrogen and oxygen atoms in total. The number of rotatable bonds is 10. The maximum Gasteiger partial charge on any atom is 0.160 e. The highest BCUT2D eigenvalue weighted by Gasteiger charge is 2.24. The van der Waals surface area contributed by atoms with Crippen LogP contribution in [0.15, 0.2) is 224 Å². The summed E-state index contributed by atoms with van der Waals surface area (Å²) in [6, 6.07) is 82.5. The van der Waals surface area contributed by atoms with E-state index in [9.17, 15) is 21.0 Å². The van der Waals surface area contributed by atoms with Gasteiger partial charge in [-0.25, -0.2) is 9.97 Å². The molecule has 0 atom stereocenters. The molecule has 0 spiro atoms. The molecule has 11 aromatic rings. The molecule has 0 amide bonds. The van der Waals surface area contributed by atoms with E-state index in [2.05, 4.69) is 119 Å². The summed E-state index contributed by atoms with van der Waals surface area (Å²) in [6.07, 6.45) is 0. The Morgan fingerprint density at radius 2 is 0.746 bits per heavy atom. The fourth-order valence-electron chi connectivity index (χ4n) is 9.26. The lowest BCUT2D eigenvalue weighted by atomic mass is 9.99. The minimum atomic E-state index is 0.260. The molecule has 9 aromatic carbocycles. The number of hydrogen-bond donors (Lipinski definition) is 0. The normalized spacial score (nSPS) is 10.8. The molecular weight excluding hydrogens is 871 g/mol. The molecule has 9 heteroatoms. The number of nitrogens with zero attached hydrogens (tertiary/aromatic N) is 9. The Morgan fingerprint density at radius 1 is 0.338 bits per heavy atom. The van der Waals surface area contributed by atoms with Crippen LogP contribution in [0.4, 0.5) is 34.1 Å². The van der Waals surface area contributed by atoms with Gasteiger partial charge in [0.15, 0.2) is 5.82 Å². The van der Waals surface area contributed by atoms with Crippen molar-refractivity contribution in [3.05, 3.63) is 247 Å². The van der Waals surface area contributed by atoms with E-state index in [1.807, 2.05) is 89.5 Å². The minimum absolute atomic E-state index is 0.260. The third-order valence-electron chi connectivity index (χ3n) is 12.4. The fourth-order valence-corrected chi connectivity index (χ4v) is 9.26. The van der Waals surface area contributed by atoms with Crippen molar-refractivity contribution in [2.75, 3.05) is 9.80 Å². The van der Waals surface area contributed by atoms with Gasteiger partial charge in [-0.2, -0.15) is 21.0 Å². The van der Waals surface area contributed by atoms with E-state index in [-0.39, 0.29) is 11.1 Å². The fraction of sp³-hybridized carbons (Fsp3) is 0. The Kier molecular flexibility index (Phi) is 11.3. The Morgan fingerprint density at radius 3 is 1.17 bits per heavy atom. The predicted molar refractivity (Wildman–Crippen MR) is 281 cm³/mol. The number of fused-ring (bicyclic) bond motifs is 3. The van der Waals surface area contributed by atoms with Gasteiger partial charge in [0.1, 0.15) is 12.1 Å². The quantitative estimate of drug-likeness (QED) is 0.132. The number of aromatic nitrogens is 3. The van der Waals surface area contributed by atoms with Gasteiger partial charge in [-0.05, 0) is 127 Å². The van der Waals surface area contributed by atoms with Crippen LogP contribution in [-0.2, 0) is 0 Å². The average molecular weight is 908 g/mol. The molecule has 11 rings (SSSR count). The highest BCUT2D eigenvalue weighted by atomic mass is 15.1. The summed E-state index contributed by atoms with van der Waals surface area (Å²) in [7, 11) is 0. The molecule has 0 saturated carbocycles. The Bertz CT molecular complexity index is 3660. The van der Waals surface area contributed by atoms with Crippen molar-refractivity contribution in [2.24, 2.45) is 0 Å². The van der Waals surface area contributed by atoms with Crippen molar-refractivity contribution in [1.29, 1.82) is 21.0 Å². The van der Waals surface area contributed by atoms with Crippen LogP contribution in [0.5, 0.6) is 0 Å². The number of anilines is 6. The Balaban J connectivity index is 1.15. The maximum atomic E-state index is 11.2. The minimum Gasteiger partial charge on any atom is -0.310 e. The van der Waals surface area contributed by atoms with Crippen LogP contribution in [0.3, 0.4) is 0 Å². The topological polar surface area (TPSA) is 132 Å². The number of nitriles is 4. The van der Waals surface area contributed by atoms with E-state index < -0.39 is 0 Å². The van der Waals surface area contributed by atoms with Crippen LogP contribution in [0, 0.1) is 45.3 Å². The van der Waals surface area contributed by atoms with Crippen molar-refractivity contribution in [1.82, 2.24) is 14.5 Å². The van der Waals surface area contributed by atoms with E-state index in [1.165, 1.54) is 0 Å². The molecule has 0 fully saturated rings. The first-order chi connectivity index (χ1) is 35.0. The monoisotopic (exact) mass is 907 g/mol. The van der Waals surface area contributed by atoms with Gasteiger partial charge in [0.05, 0.1) is 62.5 Å². The second kappa shape index (κ2) is 18.6. The highest BCUT2D eigenvalue weighted by Crippen LogP contribution is 2.44. The lowest BCUT2D eigenvalue weighted by molar-refractivity contribution is 1.15. The van der Waals surface area contributed by atoms with Crippen LogP contribution in [-0.4, -0.2) is 14.5 Å². The molecule has 0 radical (unpaired) electrons. The molecule has 0 saturated heterocycles. The largest absolute Gasteiger partial charge is 0.310 e. The van der Waals surface area contributed by atoms with Crippen molar-refractivity contribution in [2.45, 2.75) is 0 Å². The Labute approximate surface area is 410 Å². The second-order valence-electron chi connectivity index (χ2n) is 16.7.